The Balaban J connectivity index is 2.08. The van der Waals surface area contributed by atoms with Crippen molar-refractivity contribution in [3.8, 4) is 0 Å². The molecule has 0 saturated heterocycles. The Bertz CT molecular complexity index is 323. The van der Waals surface area contributed by atoms with Gasteiger partial charge in [0.15, 0.2) is 0 Å². The number of hydrogen-bond donors (Lipinski definition) is 0. The number of Topliss-reactive ketones (excluding diaryl/α,β-unsaturated/α-hetero) is 1. The van der Waals surface area contributed by atoms with Crippen molar-refractivity contribution in [1.82, 2.24) is 0 Å². The van der Waals surface area contributed by atoms with Gasteiger partial charge in [-0.05, 0) is 55.8 Å². The van der Waals surface area contributed by atoms with Gasteiger partial charge < -0.3 is 0 Å². The van der Waals surface area contributed by atoms with Crippen LogP contribution < -0.4 is 0 Å². The minimum Gasteiger partial charge on any atom is -0.299 e. The third-order valence-electron chi connectivity index (χ3n) is 6.06. The van der Waals surface area contributed by atoms with E-state index in [1.165, 1.54) is 64.2 Å². The first kappa shape index (κ1) is 21.7. The van der Waals surface area contributed by atoms with Gasteiger partial charge >= 0.3 is 0 Å². The Morgan fingerprint density at radius 2 is 1.38 bits per heavy atom. The summed E-state index contributed by atoms with van der Waals surface area (Å²) in [7, 11) is 0. The maximum Gasteiger partial charge on any atom is 0.135 e. The predicted molar refractivity (Wildman–Crippen MR) is 106 cm³/mol. The van der Waals surface area contributed by atoms with Gasteiger partial charge in [0, 0.05) is 12.3 Å². The van der Waals surface area contributed by atoms with E-state index in [0.29, 0.717) is 17.6 Å². The van der Waals surface area contributed by atoms with Crippen LogP contribution in [0, 0.1) is 29.6 Å². The largest absolute Gasteiger partial charge is 0.299 e. The molecule has 0 aromatic carbocycles. The Labute approximate surface area is 152 Å². The predicted octanol–water partition coefficient (Wildman–Crippen LogP) is 7.43. The molecule has 0 spiro atoms. The van der Waals surface area contributed by atoms with Crippen molar-refractivity contribution in [3.05, 3.63) is 0 Å². The minimum atomic E-state index is 0.398. The van der Waals surface area contributed by atoms with E-state index < -0.39 is 0 Å². The van der Waals surface area contributed by atoms with Gasteiger partial charge in [-0.1, -0.05) is 73.1 Å². The second-order valence-corrected chi connectivity index (χ2v) is 9.48. The van der Waals surface area contributed by atoms with Crippen LogP contribution in [0.5, 0.6) is 0 Å². The molecule has 0 heterocycles. The van der Waals surface area contributed by atoms with E-state index in [1.807, 2.05) is 0 Å². The van der Waals surface area contributed by atoms with Crippen LogP contribution in [0.3, 0.4) is 0 Å². The molecule has 0 N–H and O–H groups in total. The molecule has 1 aliphatic rings. The summed E-state index contributed by atoms with van der Waals surface area (Å²) in [6, 6.07) is 0. The third kappa shape index (κ3) is 9.84. The Hall–Kier alpha value is -0.330. The van der Waals surface area contributed by atoms with E-state index in [-0.39, 0.29) is 0 Å². The monoisotopic (exact) mass is 336 g/mol. The van der Waals surface area contributed by atoms with E-state index >= 15 is 0 Å². The third-order valence-corrected chi connectivity index (χ3v) is 6.06. The number of carbonyl (C=O) groups is 1. The van der Waals surface area contributed by atoms with Crippen molar-refractivity contribution >= 4 is 5.78 Å². The SMILES string of the molecule is CC(C)CCCC(C)CCCC1CCC(C(=O)CCC(C)C)CC1. The molecular weight excluding hydrogens is 292 g/mol. The van der Waals surface area contributed by atoms with Crippen LogP contribution in [0.1, 0.15) is 112 Å². The van der Waals surface area contributed by atoms with Gasteiger partial charge in [-0.3, -0.25) is 4.79 Å². The van der Waals surface area contributed by atoms with E-state index in [4.69, 9.17) is 0 Å². The normalized spacial score (nSPS) is 23.0. The fourth-order valence-corrected chi connectivity index (χ4v) is 4.18. The van der Waals surface area contributed by atoms with Crippen LogP contribution >= 0.6 is 0 Å². The van der Waals surface area contributed by atoms with Crippen LogP contribution in [-0.2, 0) is 4.79 Å². The summed E-state index contributed by atoms with van der Waals surface area (Å²) in [6.07, 6.45) is 15.3. The maximum atomic E-state index is 12.3. The highest BCUT2D eigenvalue weighted by Gasteiger charge is 2.25. The van der Waals surface area contributed by atoms with E-state index in [9.17, 15) is 4.79 Å². The lowest BCUT2D eigenvalue weighted by Crippen LogP contribution is -2.22. The lowest BCUT2D eigenvalue weighted by Gasteiger charge is -2.28. The maximum absolute atomic E-state index is 12.3. The average molecular weight is 337 g/mol. The molecule has 0 bridgehead atoms. The first-order valence-corrected chi connectivity index (χ1v) is 10.9. The van der Waals surface area contributed by atoms with Crippen molar-refractivity contribution in [1.29, 1.82) is 0 Å². The minimum absolute atomic E-state index is 0.398. The van der Waals surface area contributed by atoms with Crippen LogP contribution in [0.4, 0.5) is 0 Å². The highest BCUT2D eigenvalue weighted by atomic mass is 16.1. The number of hydrogen-bond acceptors (Lipinski definition) is 1. The molecule has 0 aromatic heterocycles. The quantitative estimate of drug-likeness (QED) is 0.362. The highest BCUT2D eigenvalue weighted by molar-refractivity contribution is 5.81. The Kier molecular flexibility index (Phi) is 10.9. The second-order valence-electron chi connectivity index (χ2n) is 9.48. The van der Waals surface area contributed by atoms with Gasteiger partial charge in [0.2, 0.25) is 0 Å². The second kappa shape index (κ2) is 12.1. The zero-order chi connectivity index (χ0) is 17.9. The van der Waals surface area contributed by atoms with Gasteiger partial charge in [-0.15, -0.1) is 0 Å². The van der Waals surface area contributed by atoms with Gasteiger partial charge in [0.1, 0.15) is 5.78 Å². The van der Waals surface area contributed by atoms with Crippen molar-refractivity contribution in [3.63, 3.8) is 0 Å². The molecule has 24 heavy (non-hydrogen) atoms. The molecule has 1 atom stereocenters. The molecule has 1 unspecified atom stereocenters. The average Bonchev–Trinajstić information content (AvgIpc) is 2.53. The van der Waals surface area contributed by atoms with Crippen molar-refractivity contribution in [2.24, 2.45) is 29.6 Å². The fourth-order valence-electron chi connectivity index (χ4n) is 4.18. The molecule has 1 nitrogen and oxygen atoms in total. The molecule has 0 amide bonds. The molecule has 0 aliphatic heterocycles. The standard InChI is InChI=1S/C23H44O/c1-18(2)8-6-9-20(5)10-7-11-21-13-15-22(16-14-21)23(24)17-12-19(3)4/h18-22H,6-17H2,1-5H3. The molecule has 1 saturated carbocycles. The summed E-state index contributed by atoms with van der Waals surface area (Å²) in [6.45, 7) is 11.5. The Morgan fingerprint density at radius 1 is 0.792 bits per heavy atom. The first-order chi connectivity index (χ1) is 11.4. The van der Waals surface area contributed by atoms with Crippen molar-refractivity contribution < 1.29 is 4.79 Å². The van der Waals surface area contributed by atoms with Gasteiger partial charge in [0.05, 0.1) is 0 Å². The Morgan fingerprint density at radius 3 is 1.96 bits per heavy atom. The molecule has 0 radical (unpaired) electrons. The molecule has 1 aliphatic carbocycles. The summed E-state index contributed by atoms with van der Waals surface area (Å²) in [5, 5.41) is 0. The first-order valence-electron chi connectivity index (χ1n) is 10.9. The van der Waals surface area contributed by atoms with Crippen molar-refractivity contribution in [2.45, 2.75) is 112 Å². The lowest BCUT2D eigenvalue weighted by molar-refractivity contribution is -0.124. The van der Waals surface area contributed by atoms with Crippen LogP contribution in [0.2, 0.25) is 0 Å². The molecule has 1 fully saturated rings. The summed E-state index contributed by atoms with van der Waals surface area (Å²) in [5.41, 5.74) is 0. The molecule has 1 heteroatoms. The van der Waals surface area contributed by atoms with Crippen molar-refractivity contribution in [2.75, 3.05) is 0 Å². The fraction of sp³-hybridized carbons (Fsp3) is 0.957. The number of rotatable bonds is 12. The summed E-state index contributed by atoms with van der Waals surface area (Å²) in [4.78, 5) is 12.3. The van der Waals surface area contributed by atoms with Crippen LogP contribution in [0.15, 0.2) is 0 Å². The van der Waals surface area contributed by atoms with Gasteiger partial charge in [0.25, 0.3) is 0 Å². The van der Waals surface area contributed by atoms with Crippen LogP contribution in [-0.4, -0.2) is 5.78 Å². The molecule has 142 valence electrons. The zero-order valence-corrected chi connectivity index (χ0v) is 17.3. The van der Waals surface area contributed by atoms with E-state index in [2.05, 4.69) is 34.6 Å². The van der Waals surface area contributed by atoms with E-state index in [0.717, 1.165) is 30.6 Å². The summed E-state index contributed by atoms with van der Waals surface area (Å²) in [5.74, 6) is 4.28. The zero-order valence-electron chi connectivity index (χ0n) is 17.3. The number of ketones is 1. The van der Waals surface area contributed by atoms with Gasteiger partial charge in [-0.25, -0.2) is 0 Å². The smallest absolute Gasteiger partial charge is 0.135 e. The van der Waals surface area contributed by atoms with E-state index in [1.54, 1.807) is 0 Å². The lowest BCUT2D eigenvalue weighted by atomic mass is 9.77. The molecule has 0 aromatic rings. The summed E-state index contributed by atoms with van der Waals surface area (Å²) >= 11 is 0. The topological polar surface area (TPSA) is 17.1 Å². The highest BCUT2D eigenvalue weighted by Crippen LogP contribution is 2.33. The van der Waals surface area contributed by atoms with Gasteiger partial charge in [-0.2, -0.15) is 0 Å². The number of carbonyl (C=O) groups excluding carboxylic acids is 1. The van der Waals surface area contributed by atoms with Crippen LogP contribution in [0.25, 0.3) is 0 Å². The molecule has 1 rings (SSSR count). The molecular formula is C23H44O. The summed E-state index contributed by atoms with van der Waals surface area (Å²) < 4.78 is 0.